The molecule has 0 fully saturated rings. The molecule has 3 rings (SSSR count). The average molecular weight is 258 g/mol. The van der Waals surface area contributed by atoms with Gasteiger partial charge in [0.1, 0.15) is 5.52 Å². The van der Waals surface area contributed by atoms with Crippen LogP contribution >= 0.6 is 0 Å². The molecule has 0 saturated heterocycles. The predicted molar refractivity (Wildman–Crippen MR) is 69.1 cm³/mol. The molecule has 1 aliphatic heterocycles. The Hall–Kier alpha value is -2.83. The van der Waals surface area contributed by atoms with Crippen LogP contribution in [-0.4, -0.2) is 28.7 Å². The first-order chi connectivity index (χ1) is 9.24. The van der Waals surface area contributed by atoms with E-state index in [9.17, 15) is 4.79 Å². The molecule has 1 amide bonds. The van der Waals surface area contributed by atoms with Gasteiger partial charge in [0.05, 0.1) is 0 Å². The molecular formula is C12H10N4O3. The first kappa shape index (κ1) is 11.3. The highest BCUT2D eigenvalue weighted by molar-refractivity contribution is 5.77. The number of oxazole rings is 1. The van der Waals surface area contributed by atoms with Gasteiger partial charge >= 0.3 is 12.1 Å². The Bertz CT molecular complexity index is 643. The molecule has 1 unspecified atom stereocenters. The minimum atomic E-state index is -1.17. The average Bonchev–Trinajstić information content (AvgIpc) is 2.82. The lowest BCUT2D eigenvalue weighted by Gasteiger charge is -2.25. The SMILES string of the molecule is O=C(O)NC1N=CC=CN1c1nc2ccccc2o1. The molecule has 2 aromatic rings. The van der Waals surface area contributed by atoms with Gasteiger partial charge in [-0.3, -0.25) is 10.2 Å². The first-order valence-corrected chi connectivity index (χ1v) is 5.57. The zero-order valence-corrected chi connectivity index (χ0v) is 9.72. The maximum Gasteiger partial charge on any atom is 0.407 e. The third kappa shape index (κ3) is 2.13. The van der Waals surface area contributed by atoms with Crippen LogP contribution < -0.4 is 10.2 Å². The van der Waals surface area contributed by atoms with E-state index in [4.69, 9.17) is 9.52 Å². The fraction of sp³-hybridized carbons (Fsp3) is 0.0833. The Morgan fingerprint density at radius 1 is 1.42 bits per heavy atom. The van der Waals surface area contributed by atoms with Crippen LogP contribution in [0, 0.1) is 0 Å². The van der Waals surface area contributed by atoms with E-state index in [1.807, 2.05) is 18.2 Å². The number of allylic oxidation sites excluding steroid dienone is 1. The molecule has 1 aliphatic rings. The molecule has 19 heavy (non-hydrogen) atoms. The van der Waals surface area contributed by atoms with Gasteiger partial charge in [-0.25, -0.2) is 9.79 Å². The van der Waals surface area contributed by atoms with Crippen molar-refractivity contribution in [3.8, 4) is 0 Å². The van der Waals surface area contributed by atoms with E-state index in [0.717, 1.165) is 0 Å². The van der Waals surface area contributed by atoms with Crippen LogP contribution in [0.25, 0.3) is 11.1 Å². The Balaban J connectivity index is 1.96. The molecule has 0 bridgehead atoms. The van der Waals surface area contributed by atoms with Crippen molar-refractivity contribution in [1.29, 1.82) is 0 Å². The maximum absolute atomic E-state index is 10.7. The Labute approximate surface area is 107 Å². The smallest absolute Gasteiger partial charge is 0.407 e. The summed E-state index contributed by atoms with van der Waals surface area (Å²) >= 11 is 0. The number of amides is 1. The molecule has 2 N–H and O–H groups in total. The molecule has 96 valence electrons. The number of hydrogen-bond donors (Lipinski definition) is 2. The highest BCUT2D eigenvalue weighted by atomic mass is 16.4. The topological polar surface area (TPSA) is 91.0 Å². The number of carbonyl (C=O) groups is 1. The lowest BCUT2D eigenvalue weighted by molar-refractivity contribution is 0.190. The summed E-state index contributed by atoms with van der Waals surface area (Å²) in [6.07, 6.45) is 2.89. The van der Waals surface area contributed by atoms with Crippen LogP contribution in [0.3, 0.4) is 0 Å². The summed E-state index contributed by atoms with van der Waals surface area (Å²) in [7, 11) is 0. The quantitative estimate of drug-likeness (QED) is 0.856. The maximum atomic E-state index is 10.7. The predicted octanol–water partition coefficient (Wildman–Crippen LogP) is 1.78. The van der Waals surface area contributed by atoms with Crippen LogP contribution in [0.5, 0.6) is 0 Å². The summed E-state index contributed by atoms with van der Waals surface area (Å²) in [5.41, 5.74) is 1.34. The monoisotopic (exact) mass is 258 g/mol. The van der Waals surface area contributed by atoms with Gasteiger partial charge in [-0.15, -0.1) is 0 Å². The largest absolute Gasteiger partial charge is 0.465 e. The van der Waals surface area contributed by atoms with E-state index in [1.165, 1.54) is 11.1 Å². The van der Waals surface area contributed by atoms with Crippen molar-refractivity contribution in [3.63, 3.8) is 0 Å². The Morgan fingerprint density at radius 3 is 3.05 bits per heavy atom. The molecule has 0 spiro atoms. The van der Waals surface area contributed by atoms with Crippen LogP contribution in [0.2, 0.25) is 0 Å². The molecule has 2 heterocycles. The summed E-state index contributed by atoms with van der Waals surface area (Å²) in [6.45, 7) is 0. The summed E-state index contributed by atoms with van der Waals surface area (Å²) < 4.78 is 5.58. The number of para-hydroxylation sites is 2. The Morgan fingerprint density at radius 2 is 2.26 bits per heavy atom. The zero-order chi connectivity index (χ0) is 13.2. The first-order valence-electron chi connectivity index (χ1n) is 5.57. The van der Waals surface area contributed by atoms with Gasteiger partial charge in [0.2, 0.25) is 6.29 Å². The molecule has 1 aromatic heterocycles. The molecule has 0 saturated carbocycles. The number of aliphatic imine (C=N–C) groups is 1. The third-order valence-corrected chi connectivity index (χ3v) is 2.58. The number of anilines is 1. The molecular weight excluding hydrogens is 248 g/mol. The van der Waals surface area contributed by atoms with Crippen molar-refractivity contribution in [2.75, 3.05) is 4.90 Å². The molecule has 1 atom stereocenters. The zero-order valence-electron chi connectivity index (χ0n) is 9.72. The number of aromatic nitrogens is 1. The summed E-state index contributed by atoms with van der Waals surface area (Å²) in [5, 5.41) is 11.1. The Kier molecular flexibility index (Phi) is 2.64. The van der Waals surface area contributed by atoms with E-state index in [2.05, 4.69) is 15.3 Å². The number of benzene rings is 1. The number of nitrogens with one attached hydrogen (secondary N) is 1. The van der Waals surface area contributed by atoms with Crippen LogP contribution in [-0.2, 0) is 0 Å². The van der Waals surface area contributed by atoms with Crippen LogP contribution in [0.15, 0.2) is 46.0 Å². The fourth-order valence-corrected chi connectivity index (χ4v) is 1.77. The van der Waals surface area contributed by atoms with Gasteiger partial charge in [0, 0.05) is 12.4 Å². The van der Waals surface area contributed by atoms with Gasteiger partial charge in [-0.05, 0) is 18.2 Å². The van der Waals surface area contributed by atoms with Gasteiger partial charge in [0.25, 0.3) is 0 Å². The van der Waals surface area contributed by atoms with Crippen molar-refractivity contribution in [1.82, 2.24) is 10.3 Å². The van der Waals surface area contributed by atoms with Crippen LogP contribution in [0.4, 0.5) is 10.8 Å². The van der Waals surface area contributed by atoms with E-state index in [1.54, 1.807) is 18.3 Å². The van der Waals surface area contributed by atoms with Gasteiger partial charge < -0.3 is 9.52 Å². The van der Waals surface area contributed by atoms with Crippen molar-refractivity contribution < 1.29 is 14.3 Å². The van der Waals surface area contributed by atoms with Gasteiger partial charge in [0.15, 0.2) is 5.58 Å². The molecule has 7 nitrogen and oxygen atoms in total. The second kappa shape index (κ2) is 4.45. The number of hydrogen-bond acceptors (Lipinski definition) is 5. The van der Waals surface area contributed by atoms with Crippen molar-refractivity contribution in [3.05, 3.63) is 36.5 Å². The lowest BCUT2D eigenvalue weighted by atomic mass is 10.3. The number of fused-ring (bicyclic) bond motifs is 1. The third-order valence-electron chi connectivity index (χ3n) is 2.58. The number of rotatable bonds is 2. The van der Waals surface area contributed by atoms with E-state index in [-0.39, 0.29) is 6.01 Å². The van der Waals surface area contributed by atoms with E-state index >= 15 is 0 Å². The highest BCUT2D eigenvalue weighted by Gasteiger charge is 2.23. The summed E-state index contributed by atoms with van der Waals surface area (Å²) in [6, 6.07) is 7.59. The fourth-order valence-electron chi connectivity index (χ4n) is 1.77. The molecule has 0 aliphatic carbocycles. The van der Waals surface area contributed by atoms with Gasteiger partial charge in [-0.1, -0.05) is 12.1 Å². The van der Waals surface area contributed by atoms with E-state index < -0.39 is 12.4 Å². The molecule has 0 radical (unpaired) electrons. The normalized spacial score (nSPS) is 17.9. The second-order valence-corrected chi connectivity index (χ2v) is 3.83. The minimum absolute atomic E-state index is 0.285. The van der Waals surface area contributed by atoms with E-state index in [0.29, 0.717) is 11.1 Å². The molecule has 1 aromatic carbocycles. The lowest BCUT2D eigenvalue weighted by Crippen LogP contribution is -2.45. The minimum Gasteiger partial charge on any atom is -0.465 e. The summed E-state index contributed by atoms with van der Waals surface area (Å²) in [4.78, 5) is 20.6. The van der Waals surface area contributed by atoms with Crippen molar-refractivity contribution >= 4 is 29.4 Å². The number of nitrogens with zero attached hydrogens (tertiary/aromatic N) is 3. The second-order valence-electron chi connectivity index (χ2n) is 3.83. The van der Waals surface area contributed by atoms with Gasteiger partial charge in [-0.2, -0.15) is 4.98 Å². The standard InChI is InChI=1S/C12H10N4O3/c17-12(18)15-10-13-6-3-7-16(10)11-14-8-4-1-2-5-9(8)19-11/h1-7,10,15H,(H,17,18). The highest BCUT2D eigenvalue weighted by Crippen LogP contribution is 2.24. The summed E-state index contributed by atoms with van der Waals surface area (Å²) in [5.74, 6) is 0. The van der Waals surface area contributed by atoms with Crippen LogP contribution in [0.1, 0.15) is 0 Å². The van der Waals surface area contributed by atoms with Crippen molar-refractivity contribution in [2.45, 2.75) is 6.29 Å². The molecule has 7 heteroatoms. The number of carboxylic acid groups (broad SMARTS) is 1. The van der Waals surface area contributed by atoms with Crippen molar-refractivity contribution in [2.24, 2.45) is 4.99 Å².